The molecule has 1 amide bonds. The molecule has 1 rings (SSSR count). The van der Waals surface area contributed by atoms with Crippen LogP contribution in [0.25, 0.3) is 0 Å². The van der Waals surface area contributed by atoms with Crippen LogP contribution in [0.2, 0.25) is 0 Å². The Morgan fingerprint density at radius 2 is 2.00 bits per heavy atom. The van der Waals surface area contributed by atoms with Crippen molar-refractivity contribution >= 4 is 13.3 Å². The van der Waals surface area contributed by atoms with Crippen LogP contribution in [0.15, 0.2) is 30.3 Å². The van der Waals surface area contributed by atoms with Crippen LogP contribution >= 0.6 is 0 Å². The number of amides is 1. The summed E-state index contributed by atoms with van der Waals surface area (Å²) in [5.41, 5.74) is 0.809. The number of hydrogen-bond donors (Lipinski definition) is 2. The minimum Gasteiger partial charge on any atom is -0.444 e. The molecule has 0 saturated carbocycles. The molecule has 5 nitrogen and oxygen atoms in total. The molecule has 0 aliphatic carbocycles. The van der Waals surface area contributed by atoms with Gasteiger partial charge >= 0.3 is 13.3 Å². The van der Waals surface area contributed by atoms with Crippen LogP contribution in [0.1, 0.15) is 5.56 Å². The van der Waals surface area contributed by atoms with Crippen molar-refractivity contribution in [3.05, 3.63) is 35.9 Å². The van der Waals surface area contributed by atoms with E-state index in [0.717, 1.165) is 5.56 Å². The SMILES string of the molecule is O=C([N]B(O)O)OCc1ccccc1. The highest BCUT2D eigenvalue weighted by Gasteiger charge is 2.15. The van der Waals surface area contributed by atoms with Crippen molar-refractivity contribution in [3.8, 4) is 0 Å². The topological polar surface area (TPSA) is 80.9 Å². The fourth-order valence-electron chi connectivity index (χ4n) is 0.851. The maximum Gasteiger partial charge on any atom is 0.612 e. The van der Waals surface area contributed by atoms with E-state index < -0.39 is 13.3 Å². The predicted octanol–water partition coefficient (Wildman–Crippen LogP) is -0.103. The summed E-state index contributed by atoms with van der Waals surface area (Å²) in [6, 6.07) is 9.01. The van der Waals surface area contributed by atoms with Gasteiger partial charge in [0.2, 0.25) is 0 Å². The lowest BCUT2D eigenvalue weighted by Crippen LogP contribution is -2.32. The summed E-state index contributed by atoms with van der Waals surface area (Å²) in [5.74, 6) is 0. The van der Waals surface area contributed by atoms with E-state index in [0.29, 0.717) is 0 Å². The van der Waals surface area contributed by atoms with Crippen LogP contribution in [-0.4, -0.2) is 23.4 Å². The zero-order valence-electron chi connectivity index (χ0n) is 7.33. The van der Waals surface area contributed by atoms with E-state index in [1.165, 1.54) is 0 Å². The third-order valence-electron chi connectivity index (χ3n) is 1.43. The molecule has 1 aromatic rings. The molecular weight excluding hydrogens is 185 g/mol. The Morgan fingerprint density at radius 1 is 1.36 bits per heavy atom. The van der Waals surface area contributed by atoms with E-state index in [-0.39, 0.29) is 6.61 Å². The number of nitrogens with zero attached hydrogens (tertiary/aromatic N) is 1. The second-order valence-electron chi connectivity index (χ2n) is 2.52. The van der Waals surface area contributed by atoms with E-state index >= 15 is 0 Å². The highest BCUT2D eigenvalue weighted by molar-refractivity contribution is 6.41. The Kier molecular flexibility index (Phi) is 3.96. The summed E-state index contributed by atoms with van der Waals surface area (Å²) in [5, 5.41) is 19.5. The van der Waals surface area contributed by atoms with Crippen molar-refractivity contribution < 1.29 is 19.6 Å². The molecule has 1 radical (unpaired) electrons. The van der Waals surface area contributed by atoms with Gasteiger partial charge < -0.3 is 14.8 Å². The lowest BCUT2D eigenvalue weighted by Gasteiger charge is -2.03. The van der Waals surface area contributed by atoms with Gasteiger partial charge in [-0.2, -0.15) is 0 Å². The molecule has 2 N–H and O–H groups in total. The number of benzene rings is 1. The molecule has 73 valence electrons. The van der Waals surface area contributed by atoms with Crippen LogP contribution in [0.3, 0.4) is 0 Å². The highest BCUT2D eigenvalue weighted by atomic mass is 16.6. The minimum absolute atomic E-state index is 0.0654. The van der Waals surface area contributed by atoms with E-state index in [9.17, 15) is 4.79 Å². The number of rotatable bonds is 3. The number of hydrogen-bond acceptors (Lipinski definition) is 4. The Balaban J connectivity index is 2.31. The van der Waals surface area contributed by atoms with Crippen molar-refractivity contribution in [1.82, 2.24) is 5.23 Å². The van der Waals surface area contributed by atoms with Gasteiger partial charge in [-0.25, -0.2) is 10.0 Å². The molecule has 0 aliphatic rings. The zero-order valence-corrected chi connectivity index (χ0v) is 7.33. The smallest absolute Gasteiger partial charge is 0.444 e. The molecule has 0 saturated heterocycles. The molecule has 0 fully saturated rings. The molecule has 1 aromatic carbocycles. The first kappa shape index (κ1) is 10.6. The number of ether oxygens (including phenoxy) is 1. The van der Waals surface area contributed by atoms with E-state index in [2.05, 4.69) is 9.96 Å². The maximum atomic E-state index is 10.7. The highest BCUT2D eigenvalue weighted by Crippen LogP contribution is 2.00. The molecule has 0 spiro atoms. The second-order valence-corrected chi connectivity index (χ2v) is 2.52. The largest absolute Gasteiger partial charge is 0.612 e. The van der Waals surface area contributed by atoms with Crippen molar-refractivity contribution in [3.63, 3.8) is 0 Å². The first-order chi connectivity index (χ1) is 6.68. The molecule has 6 heteroatoms. The molecule has 14 heavy (non-hydrogen) atoms. The summed E-state index contributed by atoms with van der Waals surface area (Å²) in [4.78, 5) is 10.7. The van der Waals surface area contributed by atoms with Gasteiger partial charge in [-0.3, -0.25) is 0 Å². The predicted molar refractivity (Wildman–Crippen MR) is 49.0 cm³/mol. The zero-order chi connectivity index (χ0) is 10.4. The number of carbonyl (C=O) groups is 1. The maximum absolute atomic E-state index is 10.7. The van der Waals surface area contributed by atoms with Crippen molar-refractivity contribution in [2.24, 2.45) is 0 Å². The third-order valence-corrected chi connectivity index (χ3v) is 1.43. The summed E-state index contributed by atoms with van der Waals surface area (Å²) >= 11 is 0. The van der Waals surface area contributed by atoms with Crippen molar-refractivity contribution in [2.75, 3.05) is 0 Å². The fraction of sp³-hybridized carbons (Fsp3) is 0.125. The minimum atomic E-state index is -2.02. The van der Waals surface area contributed by atoms with Crippen LogP contribution in [0.5, 0.6) is 0 Å². The number of carbonyl (C=O) groups excluding carboxylic acids is 1. The van der Waals surface area contributed by atoms with Crippen LogP contribution in [-0.2, 0) is 11.3 Å². The van der Waals surface area contributed by atoms with Gasteiger partial charge in [-0.05, 0) is 5.56 Å². The molecule has 0 unspecified atom stereocenters. The summed E-state index contributed by atoms with van der Waals surface area (Å²) in [6.45, 7) is 0.0654. The average molecular weight is 194 g/mol. The molecule has 0 aromatic heterocycles. The van der Waals surface area contributed by atoms with Gasteiger partial charge in [-0.1, -0.05) is 30.3 Å². The fourth-order valence-corrected chi connectivity index (χ4v) is 0.851. The van der Waals surface area contributed by atoms with E-state index in [4.69, 9.17) is 10.0 Å². The van der Waals surface area contributed by atoms with Gasteiger partial charge in [0.1, 0.15) is 6.61 Å². The third kappa shape index (κ3) is 3.93. The molecular formula is C8H9BNO4. The monoisotopic (exact) mass is 194 g/mol. The molecule has 0 heterocycles. The van der Waals surface area contributed by atoms with Crippen molar-refractivity contribution in [2.45, 2.75) is 6.61 Å². The summed E-state index contributed by atoms with van der Waals surface area (Å²) in [6.07, 6.45) is -0.996. The summed E-state index contributed by atoms with van der Waals surface area (Å²) in [7, 11) is -2.02. The molecule has 0 bridgehead atoms. The van der Waals surface area contributed by atoms with Crippen LogP contribution in [0.4, 0.5) is 4.79 Å². The quantitative estimate of drug-likeness (QED) is 0.658. The Labute approximate surface area is 81.5 Å². The first-order valence-electron chi connectivity index (χ1n) is 3.96. The summed E-state index contributed by atoms with van der Waals surface area (Å²) < 4.78 is 4.61. The first-order valence-corrected chi connectivity index (χ1v) is 3.96. The van der Waals surface area contributed by atoms with Gasteiger partial charge in [0.25, 0.3) is 0 Å². The molecule has 0 aliphatic heterocycles. The Morgan fingerprint density at radius 3 is 2.57 bits per heavy atom. The van der Waals surface area contributed by atoms with Crippen LogP contribution in [0, 0.1) is 0 Å². The van der Waals surface area contributed by atoms with Gasteiger partial charge in [0, 0.05) is 0 Å². The lowest BCUT2D eigenvalue weighted by atomic mass is 10.2. The van der Waals surface area contributed by atoms with Crippen LogP contribution < -0.4 is 5.23 Å². The standard InChI is InChI=1S/C8H9BNO4/c11-8(10-9(12)13)14-6-7-4-2-1-3-5-7/h1-5,12-13H,6H2. The normalized spacial score (nSPS) is 9.29. The van der Waals surface area contributed by atoms with E-state index in [1.54, 1.807) is 24.3 Å². The Bertz CT molecular complexity index is 291. The lowest BCUT2D eigenvalue weighted by molar-refractivity contribution is 0.141. The average Bonchev–Trinajstić information content (AvgIpc) is 2.15. The van der Waals surface area contributed by atoms with Gasteiger partial charge in [-0.15, -0.1) is 0 Å². The van der Waals surface area contributed by atoms with Gasteiger partial charge in [0.15, 0.2) is 0 Å². The van der Waals surface area contributed by atoms with Gasteiger partial charge in [0.05, 0.1) is 0 Å². The van der Waals surface area contributed by atoms with Crippen molar-refractivity contribution in [1.29, 1.82) is 0 Å². The Hall–Kier alpha value is -1.53. The molecule has 0 atom stereocenters. The van der Waals surface area contributed by atoms with E-state index in [1.807, 2.05) is 6.07 Å². The second kappa shape index (κ2) is 5.26.